The zero-order chi connectivity index (χ0) is 23.4. The van der Waals surface area contributed by atoms with E-state index in [1.165, 1.54) is 32.4 Å². The topological polar surface area (TPSA) is 107 Å². The van der Waals surface area contributed by atoms with Gasteiger partial charge in [0.15, 0.2) is 11.5 Å². The number of halogens is 1. The fraction of sp³-hybridized carbons (Fsp3) is 0.0909. The molecular formula is C22H18FN5O4S. The lowest BCUT2D eigenvalue weighted by Gasteiger charge is -2.11. The van der Waals surface area contributed by atoms with Gasteiger partial charge in [-0.05, 0) is 42.5 Å². The van der Waals surface area contributed by atoms with Gasteiger partial charge in [0.1, 0.15) is 11.5 Å². The fourth-order valence-corrected chi connectivity index (χ4v) is 3.74. The number of amides is 2. The smallest absolute Gasteiger partial charge is 0.272 e. The molecule has 11 heteroatoms. The van der Waals surface area contributed by atoms with Crippen LogP contribution >= 0.6 is 11.3 Å². The van der Waals surface area contributed by atoms with Crippen molar-refractivity contribution in [3.63, 3.8) is 0 Å². The average molecular weight is 467 g/mol. The summed E-state index contributed by atoms with van der Waals surface area (Å²) in [4.78, 5) is 25.2. The van der Waals surface area contributed by atoms with Gasteiger partial charge in [-0.2, -0.15) is 0 Å². The van der Waals surface area contributed by atoms with Gasteiger partial charge in [0.25, 0.3) is 11.8 Å². The Balaban J connectivity index is 1.50. The second kappa shape index (κ2) is 9.49. The number of methoxy groups -OCH3 is 2. The minimum atomic E-state index is -0.517. The lowest BCUT2D eigenvalue weighted by atomic mass is 10.2. The van der Waals surface area contributed by atoms with Gasteiger partial charge in [-0.1, -0.05) is 17.4 Å². The summed E-state index contributed by atoms with van der Waals surface area (Å²) in [6.07, 6.45) is 1.65. The standard InChI is InChI=1S/C22H18FN5O4S/c1-31-17-9-8-15(12-18(17)32-2)24-20(30)16-7-4-10-28(16)22-27-26-21(33-22)25-19(29)13-5-3-6-14(23)11-13/h3-12H,1-2H3,(H,24,30)(H,25,26,29). The van der Waals surface area contributed by atoms with Crippen LogP contribution in [-0.4, -0.2) is 40.8 Å². The van der Waals surface area contributed by atoms with Crippen molar-refractivity contribution in [2.75, 3.05) is 24.9 Å². The molecule has 2 aromatic heterocycles. The molecule has 4 rings (SSSR count). The second-order valence-corrected chi connectivity index (χ2v) is 7.60. The molecule has 0 unspecified atom stereocenters. The van der Waals surface area contributed by atoms with Crippen molar-refractivity contribution in [3.05, 3.63) is 77.9 Å². The Kier molecular flexibility index (Phi) is 6.31. The van der Waals surface area contributed by atoms with Crippen molar-refractivity contribution in [2.24, 2.45) is 0 Å². The molecule has 0 fully saturated rings. The highest BCUT2D eigenvalue weighted by atomic mass is 32.1. The van der Waals surface area contributed by atoms with E-state index in [1.807, 2.05) is 0 Å². The Morgan fingerprint density at radius 3 is 2.52 bits per heavy atom. The van der Waals surface area contributed by atoms with Gasteiger partial charge in [0.2, 0.25) is 10.3 Å². The summed E-state index contributed by atoms with van der Waals surface area (Å²) in [6, 6.07) is 13.7. The molecule has 0 saturated heterocycles. The molecule has 2 N–H and O–H groups in total. The molecule has 0 bridgehead atoms. The molecule has 0 radical (unpaired) electrons. The molecule has 0 saturated carbocycles. The predicted molar refractivity (Wildman–Crippen MR) is 121 cm³/mol. The van der Waals surface area contributed by atoms with E-state index in [0.717, 1.165) is 17.4 Å². The summed E-state index contributed by atoms with van der Waals surface area (Å²) in [5.41, 5.74) is 0.984. The van der Waals surface area contributed by atoms with Crippen LogP contribution in [0.25, 0.3) is 5.13 Å². The minimum Gasteiger partial charge on any atom is -0.493 e. The maximum atomic E-state index is 13.4. The molecule has 0 aliphatic heterocycles. The van der Waals surface area contributed by atoms with E-state index in [9.17, 15) is 14.0 Å². The first kappa shape index (κ1) is 22.0. The summed E-state index contributed by atoms with van der Waals surface area (Å²) in [6.45, 7) is 0. The number of benzene rings is 2. The van der Waals surface area contributed by atoms with E-state index in [-0.39, 0.29) is 16.6 Å². The summed E-state index contributed by atoms with van der Waals surface area (Å²) in [5, 5.41) is 14.0. The van der Waals surface area contributed by atoms with Crippen LogP contribution in [0.1, 0.15) is 20.8 Å². The zero-order valence-electron chi connectivity index (χ0n) is 17.5. The molecule has 2 heterocycles. The number of nitrogens with one attached hydrogen (secondary N) is 2. The number of carbonyl (C=O) groups is 2. The van der Waals surface area contributed by atoms with E-state index in [4.69, 9.17) is 9.47 Å². The van der Waals surface area contributed by atoms with Crippen LogP contribution in [0.3, 0.4) is 0 Å². The number of aromatic nitrogens is 3. The van der Waals surface area contributed by atoms with Crippen LogP contribution in [0.4, 0.5) is 15.2 Å². The van der Waals surface area contributed by atoms with E-state index in [1.54, 1.807) is 41.1 Å². The van der Waals surface area contributed by atoms with Crippen LogP contribution in [0, 0.1) is 5.82 Å². The number of hydrogen-bond acceptors (Lipinski definition) is 7. The van der Waals surface area contributed by atoms with Crippen molar-refractivity contribution in [3.8, 4) is 16.6 Å². The summed E-state index contributed by atoms with van der Waals surface area (Å²) < 4.78 is 25.4. The second-order valence-electron chi connectivity index (χ2n) is 6.64. The predicted octanol–water partition coefficient (Wildman–Crippen LogP) is 3.99. The lowest BCUT2D eigenvalue weighted by Crippen LogP contribution is -2.16. The first-order valence-electron chi connectivity index (χ1n) is 9.60. The maximum Gasteiger partial charge on any atom is 0.272 e. The third-order valence-corrected chi connectivity index (χ3v) is 5.39. The molecule has 33 heavy (non-hydrogen) atoms. The van der Waals surface area contributed by atoms with Crippen LogP contribution in [0.15, 0.2) is 60.8 Å². The molecule has 9 nitrogen and oxygen atoms in total. The van der Waals surface area contributed by atoms with Gasteiger partial charge in [-0.3, -0.25) is 19.5 Å². The van der Waals surface area contributed by atoms with Gasteiger partial charge in [0.05, 0.1) is 14.2 Å². The summed E-state index contributed by atoms with van der Waals surface area (Å²) >= 11 is 1.07. The number of rotatable bonds is 7. The molecule has 2 aromatic carbocycles. The van der Waals surface area contributed by atoms with Gasteiger partial charge < -0.3 is 14.8 Å². The van der Waals surface area contributed by atoms with Gasteiger partial charge >= 0.3 is 0 Å². The number of carbonyl (C=O) groups excluding carboxylic acids is 2. The molecule has 0 atom stereocenters. The van der Waals surface area contributed by atoms with Crippen LogP contribution in [0.5, 0.6) is 11.5 Å². The molecule has 4 aromatic rings. The molecule has 0 aliphatic carbocycles. The fourth-order valence-electron chi connectivity index (χ4n) is 3.00. The highest BCUT2D eigenvalue weighted by Crippen LogP contribution is 2.30. The molecule has 0 aliphatic rings. The molecule has 2 amide bonds. The zero-order valence-corrected chi connectivity index (χ0v) is 18.4. The van der Waals surface area contributed by atoms with Crippen molar-refractivity contribution in [2.45, 2.75) is 0 Å². The maximum absolute atomic E-state index is 13.4. The van der Waals surface area contributed by atoms with Crippen LogP contribution in [0.2, 0.25) is 0 Å². The van der Waals surface area contributed by atoms with E-state index in [2.05, 4.69) is 20.8 Å². The highest BCUT2D eigenvalue weighted by molar-refractivity contribution is 7.17. The Labute approximate surface area is 191 Å². The van der Waals surface area contributed by atoms with E-state index >= 15 is 0 Å². The molecule has 0 spiro atoms. The number of anilines is 2. The van der Waals surface area contributed by atoms with Crippen LogP contribution < -0.4 is 20.1 Å². The summed E-state index contributed by atoms with van der Waals surface area (Å²) in [7, 11) is 3.04. The Morgan fingerprint density at radius 1 is 0.939 bits per heavy atom. The van der Waals surface area contributed by atoms with Crippen molar-refractivity contribution >= 4 is 34.0 Å². The molecule has 168 valence electrons. The minimum absolute atomic E-state index is 0.155. The first-order chi connectivity index (χ1) is 16.0. The van der Waals surface area contributed by atoms with Crippen molar-refractivity contribution < 1.29 is 23.5 Å². The Morgan fingerprint density at radius 2 is 1.76 bits per heavy atom. The largest absolute Gasteiger partial charge is 0.493 e. The van der Waals surface area contributed by atoms with E-state index in [0.29, 0.717) is 28.0 Å². The quantitative estimate of drug-likeness (QED) is 0.426. The van der Waals surface area contributed by atoms with Gasteiger partial charge in [-0.25, -0.2) is 4.39 Å². The number of nitrogens with zero attached hydrogens (tertiary/aromatic N) is 3. The highest BCUT2D eigenvalue weighted by Gasteiger charge is 2.17. The molecular weight excluding hydrogens is 449 g/mol. The Bertz CT molecular complexity index is 1320. The Hall–Kier alpha value is -4.25. The van der Waals surface area contributed by atoms with Crippen molar-refractivity contribution in [1.29, 1.82) is 0 Å². The SMILES string of the molecule is COc1ccc(NC(=O)c2cccn2-c2nnc(NC(=O)c3cccc(F)c3)s2)cc1OC. The third kappa shape index (κ3) is 4.83. The van der Waals surface area contributed by atoms with Crippen LogP contribution in [-0.2, 0) is 0 Å². The summed E-state index contributed by atoms with van der Waals surface area (Å²) in [5.74, 6) is -0.393. The normalized spacial score (nSPS) is 10.5. The van der Waals surface area contributed by atoms with Crippen molar-refractivity contribution in [1.82, 2.24) is 14.8 Å². The number of hydrogen-bond donors (Lipinski definition) is 2. The number of ether oxygens (including phenoxy) is 2. The monoisotopic (exact) mass is 467 g/mol. The van der Waals surface area contributed by atoms with E-state index < -0.39 is 11.7 Å². The third-order valence-electron chi connectivity index (χ3n) is 4.55. The average Bonchev–Trinajstić information content (AvgIpc) is 3.48. The van der Waals surface area contributed by atoms with Gasteiger partial charge in [-0.15, -0.1) is 10.2 Å². The first-order valence-corrected chi connectivity index (χ1v) is 10.4. The van der Waals surface area contributed by atoms with Gasteiger partial charge in [0, 0.05) is 23.5 Å². The lowest BCUT2D eigenvalue weighted by molar-refractivity contribution is 0.101.